The second kappa shape index (κ2) is 7.07. The number of hydrogen-bond donors (Lipinski definition) is 0. The summed E-state index contributed by atoms with van der Waals surface area (Å²) in [5.74, 6) is 0.423. The van der Waals surface area contributed by atoms with Crippen LogP contribution in [0.3, 0.4) is 0 Å². The van der Waals surface area contributed by atoms with Gasteiger partial charge in [-0.2, -0.15) is 0 Å². The maximum atomic E-state index is 12.5. The number of carbonyl (C=O) groups is 1. The van der Waals surface area contributed by atoms with Crippen LogP contribution in [0.1, 0.15) is 43.4 Å². The van der Waals surface area contributed by atoms with E-state index in [1.54, 1.807) is 0 Å². The number of amides is 1. The van der Waals surface area contributed by atoms with Crippen molar-refractivity contribution in [2.75, 3.05) is 7.05 Å². The van der Waals surface area contributed by atoms with Crippen molar-refractivity contribution in [3.63, 3.8) is 0 Å². The van der Waals surface area contributed by atoms with E-state index in [4.69, 9.17) is 0 Å². The molecule has 2 nitrogen and oxygen atoms in total. The molecule has 110 valence electrons. The van der Waals surface area contributed by atoms with Crippen LogP contribution in [-0.2, 0) is 4.79 Å². The molecule has 0 N–H and O–H groups in total. The summed E-state index contributed by atoms with van der Waals surface area (Å²) in [5.41, 5.74) is 2.38. The molecule has 0 heterocycles. The Labute approximate surface area is 127 Å². The molecule has 0 aliphatic rings. The number of carbonyl (C=O) groups excluding carboxylic acids is 1. The summed E-state index contributed by atoms with van der Waals surface area (Å²) < 4.78 is 0. The molecule has 1 amide bonds. The van der Waals surface area contributed by atoms with E-state index in [1.807, 2.05) is 48.3 Å². The minimum absolute atomic E-state index is 0.0988. The van der Waals surface area contributed by atoms with Crippen LogP contribution in [0.2, 0.25) is 0 Å². The van der Waals surface area contributed by atoms with Crippen molar-refractivity contribution in [3.05, 3.63) is 71.8 Å². The molecule has 0 aliphatic carbocycles. The van der Waals surface area contributed by atoms with E-state index >= 15 is 0 Å². The van der Waals surface area contributed by atoms with Crippen molar-refractivity contribution in [3.8, 4) is 0 Å². The van der Waals surface area contributed by atoms with E-state index in [2.05, 4.69) is 38.1 Å². The standard InChI is InChI=1S/C19H23NO/c1-15(17-10-6-4-7-11-17)14-19(21)20(3)16(2)18-12-8-5-9-13-18/h4-13,15-16H,14H2,1-3H3. The summed E-state index contributed by atoms with van der Waals surface area (Å²) in [6.45, 7) is 4.18. The summed E-state index contributed by atoms with van der Waals surface area (Å²) in [6.07, 6.45) is 0.539. The molecule has 0 saturated carbocycles. The van der Waals surface area contributed by atoms with Crippen LogP contribution in [0, 0.1) is 0 Å². The van der Waals surface area contributed by atoms with Crippen LogP contribution in [-0.4, -0.2) is 17.9 Å². The fourth-order valence-corrected chi connectivity index (χ4v) is 2.48. The van der Waals surface area contributed by atoms with Crippen LogP contribution in [0.5, 0.6) is 0 Å². The third-order valence-electron chi connectivity index (χ3n) is 4.11. The van der Waals surface area contributed by atoms with E-state index in [9.17, 15) is 4.79 Å². The van der Waals surface area contributed by atoms with Gasteiger partial charge in [-0.3, -0.25) is 4.79 Å². The Morgan fingerprint density at radius 1 is 0.905 bits per heavy atom. The van der Waals surface area contributed by atoms with Crippen LogP contribution in [0.4, 0.5) is 0 Å². The Kier molecular flexibility index (Phi) is 5.15. The Balaban J connectivity index is 2.00. The number of rotatable bonds is 5. The molecule has 2 atom stereocenters. The molecular weight excluding hydrogens is 258 g/mol. The minimum atomic E-state index is 0.0988. The SMILES string of the molecule is CC(CC(=O)N(C)C(C)c1ccccc1)c1ccccc1. The molecule has 21 heavy (non-hydrogen) atoms. The summed E-state index contributed by atoms with van der Waals surface area (Å²) >= 11 is 0. The Bertz CT molecular complexity index is 565. The minimum Gasteiger partial charge on any atom is -0.339 e. The quantitative estimate of drug-likeness (QED) is 0.795. The van der Waals surface area contributed by atoms with E-state index in [1.165, 1.54) is 11.1 Å². The monoisotopic (exact) mass is 281 g/mol. The fraction of sp³-hybridized carbons (Fsp3) is 0.316. The number of benzene rings is 2. The van der Waals surface area contributed by atoms with Gasteiger partial charge in [0, 0.05) is 13.5 Å². The first-order valence-corrected chi connectivity index (χ1v) is 7.45. The average molecular weight is 281 g/mol. The smallest absolute Gasteiger partial charge is 0.223 e. The third kappa shape index (κ3) is 3.94. The predicted molar refractivity (Wildman–Crippen MR) is 87.1 cm³/mol. The Morgan fingerprint density at radius 2 is 1.38 bits per heavy atom. The van der Waals surface area contributed by atoms with Gasteiger partial charge in [0.2, 0.25) is 5.91 Å². The molecule has 2 heteroatoms. The summed E-state index contributed by atoms with van der Waals surface area (Å²) in [6, 6.07) is 20.5. The topological polar surface area (TPSA) is 20.3 Å². The zero-order valence-corrected chi connectivity index (χ0v) is 13.0. The lowest BCUT2D eigenvalue weighted by atomic mass is 9.97. The molecular formula is C19H23NO. The highest BCUT2D eigenvalue weighted by molar-refractivity contribution is 5.77. The Morgan fingerprint density at radius 3 is 1.90 bits per heavy atom. The molecule has 2 aromatic rings. The van der Waals surface area contributed by atoms with Gasteiger partial charge in [-0.1, -0.05) is 67.6 Å². The van der Waals surface area contributed by atoms with Gasteiger partial charge in [-0.05, 0) is 24.0 Å². The normalized spacial score (nSPS) is 13.5. The lowest BCUT2D eigenvalue weighted by molar-refractivity contribution is -0.132. The predicted octanol–water partition coefficient (Wildman–Crippen LogP) is 4.40. The van der Waals surface area contributed by atoms with E-state index < -0.39 is 0 Å². The number of nitrogens with zero attached hydrogens (tertiary/aromatic N) is 1. The molecule has 2 aromatic carbocycles. The van der Waals surface area contributed by atoms with Crippen LogP contribution in [0.25, 0.3) is 0 Å². The first-order chi connectivity index (χ1) is 10.1. The summed E-state index contributed by atoms with van der Waals surface area (Å²) in [4.78, 5) is 14.3. The largest absolute Gasteiger partial charge is 0.339 e. The maximum Gasteiger partial charge on any atom is 0.223 e. The third-order valence-corrected chi connectivity index (χ3v) is 4.11. The molecule has 0 spiro atoms. The van der Waals surface area contributed by atoms with Crippen molar-refractivity contribution in [1.82, 2.24) is 4.90 Å². The lowest BCUT2D eigenvalue weighted by Crippen LogP contribution is -2.30. The van der Waals surface area contributed by atoms with Crippen molar-refractivity contribution in [2.45, 2.75) is 32.2 Å². The molecule has 0 radical (unpaired) electrons. The zero-order chi connectivity index (χ0) is 15.2. The lowest BCUT2D eigenvalue weighted by Gasteiger charge is -2.26. The highest BCUT2D eigenvalue weighted by atomic mass is 16.2. The van der Waals surface area contributed by atoms with Crippen LogP contribution >= 0.6 is 0 Å². The van der Waals surface area contributed by atoms with Gasteiger partial charge in [0.25, 0.3) is 0 Å². The highest BCUT2D eigenvalue weighted by Crippen LogP contribution is 2.23. The van der Waals surface area contributed by atoms with E-state index in [0.29, 0.717) is 6.42 Å². The molecule has 0 aliphatic heterocycles. The second-order valence-electron chi connectivity index (χ2n) is 5.61. The molecule has 0 saturated heterocycles. The van der Waals surface area contributed by atoms with E-state index in [0.717, 1.165) is 0 Å². The Hall–Kier alpha value is -2.09. The zero-order valence-electron chi connectivity index (χ0n) is 13.0. The average Bonchev–Trinajstić information content (AvgIpc) is 2.55. The van der Waals surface area contributed by atoms with Crippen LogP contribution in [0.15, 0.2) is 60.7 Å². The van der Waals surface area contributed by atoms with Gasteiger partial charge in [-0.15, -0.1) is 0 Å². The molecule has 2 unspecified atom stereocenters. The summed E-state index contributed by atoms with van der Waals surface area (Å²) in [7, 11) is 1.89. The maximum absolute atomic E-state index is 12.5. The van der Waals surface area contributed by atoms with Crippen molar-refractivity contribution in [2.24, 2.45) is 0 Å². The first-order valence-electron chi connectivity index (χ1n) is 7.45. The van der Waals surface area contributed by atoms with E-state index in [-0.39, 0.29) is 17.9 Å². The number of hydrogen-bond acceptors (Lipinski definition) is 1. The molecule has 0 fully saturated rings. The highest BCUT2D eigenvalue weighted by Gasteiger charge is 2.19. The van der Waals surface area contributed by atoms with Gasteiger partial charge in [-0.25, -0.2) is 0 Å². The van der Waals surface area contributed by atoms with Crippen molar-refractivity contribution in [1.29, 1.82) is 0 Å². The molecule has 2 rings (SSSR count). The summed E-state index contributed by atoms with van der Waals surface area (Å²) in [5, 5.41) is 0. The van der Waals surface area contributed by atoms with Crippen molar-refractivity contribution >= 4 is 5.91 Å². The first kappa shape index (κ1) is 15.3. The fourth-order valence-electron chi connectivity index (χ4n) is 2.48. The van der Waals surface area contributed by atoms with Gasteiger partial charge in [0.1, 0.15) is 0 Å². The van der Waals surface area contributed by atoms with Gasteiger partial charge in [0.15, 0.2) is 0 Å². The van der Waals surface area contributed by atoms with Crippen molar-refractivity contribution < 1.29 is 4.79 Å². The molecule has 0 bridgehead atoms. The van der Waals surface area contributed by atoms with Gasteiger partial charge >= 0.3 is 0 Å². The second-order valence-corrected chi connectivity index (χ2v) is 5.61. The van der Waals surface area contributed by atoms with Gasteiger partial charge in [0.05, 0.1) is 6.04 Å². The van der Waals surface area contributed by atoms with Gasteiger partial charge < -0.3 is 4.90 Å². The van der Waals surface area contributed by atoms with Crippen LogP contribution < -0.4 is 0 Å². The molecule has 0 aromatic heterocycles.